The van der Waals surface area contributed by atoms with E-state index in [0.29, 0.717) is 0 Å². The lowest BCUT2D eigenvalue weighted by atomic mass is 10.1. The molecule has 1 aromatic carbocycles. The minimum absolute atomic E-state index is 0.206. The molecular weight excluding hydrogens is 357 g/mol. The Hall–Kier alpha value is -1.11. The Balaban J connectivity index is 2.15. The van der Waals surface area contributed by atoms with Gasteiger partial charge in [0.15, 0.2) is 0 Å². The Kier molecular flexibility index (Phi) is 3.59. The van der Waals surface area contributed by atoms with Gasteiger partial charge in [-0.25, -0.2) is 0 Å². The summed E-state index contributed by atoms with van der Waals surface area (Å²) in [5.74, 6) is -2.15. The van der Waals surface area contributed by atoms with Crippen LogP contribution in [-0.4, -0.2) is 17.0 Å². The van der Waals surface area contributed by atoms with E-state index in [2.05, 4.69) is 27.9 Å². The zero-order chi connectivity index (χ0) is 14.4. The third kappa shape index (κ3) is 2.48. The number of carbonyl (C=O) groups excluding carboxylic acids is 1. The smallest absolute Gasteiger partial charge is 0.307 e. The van der Waals surface area contributed by atoms with Gasteiger partial charge in [-0.15, -0.1) is 0 Å². The van der Waals surface area contributed by atoms with Crippen molar-refractivity contribution in [2.24, 2.45) is 17.3 Å². The molecule has 1 amide bonds. The molecule has 5 heteroatoms. The molecular formula is C14H16INO3. The van der Waals surface area contributed by atoms with Crippen LogP contribution in [0.15, 0.2) is 18.2 Å². The second-order valence-electron chi connectivity index (χ2n) is 5.52. The normalized spacial score (nSPS) is 23.8. The second kappa shape index (κ2) is 4.77. The molecule has 2 N–H and O–H groups in total. The lowest BCUT2D eigenvalue weighted by Crippen LogP contribution is -2.18. The van der Waals surface area contributed by atoms with Gasteiger partial charge < -0.3 is 10.4 Å². The highest BCUT2D eigenvalue weighted by molar-refractivity contribution is 14.1. The zero-order valence-electron chi connectivity index (χ0n) is 11.0. The molecule has 2 rings (SSSR count). The van der Waals surface area contributed by atoms with E-state index in [4.69, 9.17) is 5.11 Å². The van der Waals surface area contributed by atoms with Crippen LogP contribution in [0.2, 0.25) is 0 Å². The van der Waals surface area contributed by atoms with Crippen molar-refractivity contribution in [3.8, 4) is 0 Å². The standard InChI is InChI=1S/C14H16INO3/c1-7-8(15)5-4-6-9(7)16-12(17)10-11(13(18)19)14(10,2)3/h4-6,10-11H,1-3H3,(H,16,17)(H,18,19)/t10-,11+/m1/s1. The molecule has 0 bridgehead atoms. The number of nitrogens with one attached hydrogen (secondary N) is 1. The zero-order valence-corrected chi connectivity index (χ0v) is 13.2. The fourth-order valence-corrected chi connectivity index (χ4v) is 3.04. The summed E-state index contributed by atoms with van der Waals surface area (Å²) in [7, 11) is 0. The van der Waals surface area contributed by atoms with Gasteiger partial charge in [0.25, 0.3) is 0 Å². The molecule has 2 atom stereocenters. The molecule has 1 aliphatic carbocycles. The number of benzene rings is 1. The molecule has 1 aromatic rings. The van der Waals surface area contributed by atoms with Crippen LogP contribution in [0.5, 0.6) is 0 Å². The van der Waals surface area contributed by atoms with E-state index < -0.39 is 23.2 Å². The van der Waals surface area contributed by atoms with Crippen LogP contribution >= 0.6 is 22.6 Å². The maximum absolute atomic E-state index is 12.2. The van der Waals surface area contributed by atoms with Gasteiger partial charge in [0, 0.05) is 9.26 Å². The molecule has 0 spiro atoms. The molecule has 4 nitrogen and oxygen atoms in total. The van der Waals surface area contributed by atoms with Gasteiger partial charge in [0.2, 0.25) is 5.91 Å². The van der Waals surface area contributed by atoms with E-state index in [9.17, 15) is 9.59 Å². The SMILES string of the molecule is Cc1c(I)cccc1NC(=O)[C@H]1[C@@H](C(=O)O)C1(C)C. The highest BCUT2D eigenvalue weighted by Crippen LogP contribution is 2.58. The van der Waals surface area contributed by atoms with Gasteiger partial charge in [0.05, 0.1) is 11.8 Å². The van der Waals surface area contributed by atoms with Gasteiger partial charge in [-0.3, -0.25) is 9.59 Å². The molecule has 0 unspecified atom stereocenters. The number of carboxylic acids is 1. The van der Waals surface area contributed by atoms with Gasteiger partial charge >= 0.3 is 5.97 Å². The van der Waals surface area contributed by atoms with Crippen LogP contribution in [0.3, 0.4) is 0 Å². The highest BCUT2D eigenvalue weighted by atomic mass is 127. The molecule has 19 heavy (non-hydrogen) atoms. The van der Waals surface area contributed by atoms with Crippen molar-refractivity contribution in [2.45, 2.75) is 20.8 Å². The molecule has 1 aliphatic rings. The van der Waals surface area contributed by atoms with E-state index >= 15 is 0 Å². The number of hydrogen-bond acceptors (Lipinski definition) is 2. The number of carbonyl (C=O) groups is 2. The number of aliphatic carboxylic acids is 1. The van der Waals surface area contributed by atoms with Crippen LogP contribution < -0.4 is 5.32 Å². The van der Waals surface area contributed by atoms with E-state index in [1.54, 1.807) is 0 Å². The first-order valence-corrected chi connectivity index (χ1v) is 7.13. The summed E-state index contributed by atoms with van der Waals surface area (Å²) in [5.41, 5.74) is 1.29. The predicted molar refractivity (Wildman–Crippen MR) is 80.9 cm³/mol. The van der Waals surface area contributed by atoms with Crippen molar-refractivity contribution in [1.82, 2.24) is 0 Å². The number of carboxylic acid groups (broad SMARTS) is 1. The summed E-state index contributed by atoms with van der Waals surface area (Å²) in [6.45, 7) is 5.57. The number of rotatable bonds is 3. The first-order valence-electron chi connectivity index (χ1n) is 6.05. The minimum Gasteiger partial charge on any atom is -0.481 e. The van der Waals surface area contributed by atoms with Gasteiger partial charge in [-0.1, -0.05) is 19.9 Å². The summed E-state index contributed by atoms with van der Waals surface area (Å²) in [6.07, 6.45) is 0. The van der Waals surface area contributed by atoms with Gasteiger partial charge in [0.1, 0.15) is 0 Å². The number of amides is 1. The molecule has 0 aliphatic heterocycles. The maximum Gasteiger partial charge on any atom is 0.307 e. The Morgan fingerprint density at radius 3 is 2.47 bits per heavy atom. The third-order valence-electron chi connectivity index (χ3n) is 3.90. The van der Waals surface area contributed by atoms with Crippen LogP contribution in [0.25, 0.3) is 0 Å². The molecule has 0 heterocycles. The Morgan fingerprint density at radius 2 is 1.95 bits per heavy atom. The van der Waals surface area contributed by atoms with Crippen molar-refractivity contribution in [2.75, 3.05) is 5.32 Å². The first-order chi connectivity index (χ1) is 8.76. The molecule has 0 saturated heterocycles. The van der Waals surface area contributed by atoms with Crippen molar-refractivity contribution in [1.29, 1.82) is 0 Å². The maximum atomic E-state index is 12.2. The average molecular weight is 373 g/mol. The van der Waals surface area contributed by atoms with Crippen molar-refractivity contribution in [3.05, 3.63) is 27.3 Å². The number of halogens is 1. The van der Waals surface area contributed by atoms with Gasteiger partial charge in [-0.05, 0) is 52.6 Å². The topological polar surface area (TPSA) is 66.4 Å². The minimum atomic E-state index is -0.899. The van der Waals surface area contributed by atoms with Crippen molar-refractivity contribution < 1.29 is 14.7 Å². The predicted octanol–water partition coefficient (Wildman–Crippen LogP) is 2.89. The Labute approximate surface area is 125 Å². The van der Waals surface area contributed by atoms with Crippen LogP contribution in [0, 0.1) is 27.7 Å². The van der Waals surface area contributed by atoms with Crippen molar-refractivity contribution >= 4 is 40.2 Å². The number of anilines is 1. The molecule has 1 fully saturated rings. The lowest BCUT2D eigenvalue weighted by molar-refractivity contribution is -0.140. The summed E-state index contributed by atoms with van der Waals surface area (Å²) >= 11 is 2.21. The quantitative estimate of drug-likeness (QED) is 0.801. The summed E-state index contributed by atoms with van der Waals surface area (Å²) in [6, 6.07) is 5.67. The fourth-order valence-electron chi connectivity index (χ4n) is 2.54. The highest BCUT2D eigenvalue weighted by Gasteiger charge is 2.65. The average Bonchev–Trinajstić information content (AvgIpc) is 2.88. The molecule has 0 radical (unpaired) electrons. The van der Waals surface area contributed by atoms with E-state index in [0.717, 1.165) is 14.8 Å². The van der Waals surface area contributed by atoms with Gasteiger partial charge in [-0.2, -0.15) is 0 Å². The van der Waals surface area contributed by atoms with E-state index in [1.165, 1.54) is 0 Å². The first kappa shape index (κ1) is 14.3. The third-order valence-corrected chi connectivity index (χ3v) is 5.07. The van der Waals surface area contributed by atoms with Crippen molar-refractivity contribution in [3.63, 3.8) is 0 Å². The number of hydrogen-bond donors (Lipinski definition) is 2. The van der Waals surface area contributed by atoms with Crippen LogP contribution in [0.1, 0.15) is 19.4 Å². The molecule has 0 aromatic heterocycles. The van der Waals surface area contributed by atoms with Crippen LogP contribution in [0.4, 0.5) is 5.69 Å². The monoisotopic (exact) mass is 373 g/mol. The molecule has 1 saturated carbocycles. The second-order valence-corrected chi connectivity index (χ2v) is 6.68. The lowest BCUT2D eigenvalue weighted by Gasteiger charge is -2.10. The van der Waals surface area contributed by atoms with E-state index in [1.807, 2.05) is 39.0 Å². The Bertz CT molecular complexity index is 554. The fraction of sp³-hybridized carbons (Fsp3) is 0.429. The Morgan fingerprint density at radius 1 is 1.32 bits per heavy atom. The van der Waals surface area contributed by atoms with E-state index in [-0.39, 0.29) is 5.91 Å². The largest absolute Gasteiger partial charge is 0.481 e. The summed E-state index contributed by atoms with van der Waals surface area (Å²) in [4.78, 5) is 23.3. The summed E-state index contributed by atoms with van der Waals surface area (Å²) < 4.78 is 1.07. The molecule has 102 valence electrons. The van der Waals surface area contributed by atoms with Crippen LogP contribution in [-0.2, 0) is 9.59 Å². The summed E-state index contributed by atoms with van der Waals surface area (Å²) in [5, 5.41) is 11.9.